The molecule has 0 aromatic carbocycles. The number of furan rings is 1. The first-order chi connectivity index (χ1) is 11.2. The SMILES string of the molecule is O=C(Nc1ncn(CC(=O)N2CCCCCC2)n1)c1ccco1. The highest BCUT2D eigenvalue weighted by Gasteiger charge is 2.17. The second-order valence-corrected chi connectivity index (χ2v) is 5.49. The standard InChI is InChI=1S/C15H19N5O3/c21-13(19-7-3-1-2-4-8-19)10-20-11-16-15(18-20)17-14(22)12-6-5-9-23-12/h5-6,9,11H,1-4,7-8,10H2,(H,17,18,22). The normalized spacial score (nSPS) is 15.2. The van der Waals surface area contributed by atoms with E-state index in [0.29, 0.717) is 0 Å². The molecule has 2 aromatic heterocycles. The summed E-state index contributed by atoms with van der Waals surface area (Å²) in [5, 5.41) is 6.63. The third-order valence-corrected chi connectivity index (χ3v) is 3.76. The van der Waals surface area contributed by atoms with Gasteiger partial charge >= 0.3 is 0 Å². The fourth-order valence-electron chi connectivity index (χ4n) is 2.56. The van der Waals surface area contributed by atoms with Gasteiger partial charge in [0.25, 0.3) is 5.91 Å². The molecule has 8 heteroatoms. The Kier molecular flexibility index (Phi) is 4.70. The van der Waals surface area contributed by atoms with Gasteiger partial charge in [-0.25, -0.2) is 9.67 Å². The Morgan fingerprint density at radius 2 is 2.00 bits per heavy atom. The number of amides is 2. The van der Waals surface area contributed by atoms with Crippen molar-refractivity contribution in [1.82, 2.24) is 19.7 Å². The van der Waals surface area contributed by atoms with Gasteiger partial charge in [0, 0.05) is 13.1 Å². The van der Waals surface area contributed by atoms with Crippen molar-refractivity contribution in [2.45, 2.75) is 32.2 Å². The third-order valence-electron chi connectivity index (χ3n) is 3.76. The number of carbonyl (C=O) groups excluding carboxylic acids is 2. The van der Waals surface area contributed by atoms with Gasteiger partial charge in [-0.15, -0.1) is 5.10 Å². The average molecular weight is 317 g/mol. The van der Waals surface area contributed by atoms with Crippen LogP contribution in [0.2, 0.25) is 0 Å². The fraction of sp³-hybridized carbons (Fsp3) is 0.467. The minimum Gasteiger partial charge on any atom is -0.459 e. The van der Waals surface area contributed by atoms with Gasteiger partial charge in [-0.05, 0) is 25.0 Å². The van der Waals surface area contributed by atoms with Crippen molar-refractivity contribution >= 4 is 17.8 Å². The van der Waals surface area contributed by atoms with Crippen LogP contribution >= 0.6 is 0 Å². The summed E-state index contributed by atoms with van der Waals surface area (Å²) < 4.78 is 6.43. The quantitative estimate of drug-likeness (QED) is 0.923. The maximum Gasteiger partial charge on any atom is 0.293 e. The van der Waals surface area contributed by atoms with E-state index < -0.39 is 5.91 Å². The van der Waals surface area contributed by atoms with E-state index in [1.54, 1.807) is 12.1 Å². The lowest BCUT2D eigenvalue weighted by molar-refractivity contribution is -0.132. The van der Waals surface area contributed by atoms with Gasteiger partial charge in [0.15, 0.2) is 5.76 Å². The molecule has 3 heterocycles. The predicted octanol–water partition coefficient (Wildman–Crippen LogP) is 1.53. The third kappa shape index (κ3) is 3.97. The lowest BCUT2D eigenvalue weighted by Gasteiger charge is -2.19. The van der Waals surface area contributed by atoms with Crippen molar-refractivity contribution in [3.63, 3.8) is 0 Å². The van der Waals surface area contributed by atoms with Crippen molar-refractivity contribution in [3.05, 3.63) is 30.5 Å². The summed E-state index contributed by atoms with van der Waals surface area (Å²) in [6.45, 7) is 1.73. The molecule has 1 fully saturated rings. The van der Waals surface area contributed by atoms with Crippen LogP contribution in [0.1, 0.15) is 36.2 Å². The average Bonchev–Trinajstić information content (AvgIpc) is 3.14. The molecule has 1 aliphatic heterocycles. The molecule has 1 aliphatic rings. The van der Waals surface area contributed by atoms with E-state index in [4.69, 9.17) is 4.42 Å². The summed E-state index contributed by atoms with van der Waals surface area (Å²) in [6.07, 6.45) is 7.31. The molecule has 0 aliphatic carbocycles. The molecule has 1 saturated heterocycles. The van der Waals surface area contributed by atoms with E-state index in [9.17, 15) is 9.59 Å². The van der Waals surface area contributed by atoms with Crippen molar-refractivity contribution < 1.29 is 14.0 Å². The molecule has 0 radical (unpaired) electrons. The van der Waals surface area contributed by atoms with E-state index in [-0.39, 0.29) is 24.2 Å². The Labute approximate surface area is 133 Å². The maximum atomic E-state index is 12.3. The lowest BCUT2D eigenvalue weighted by atomic mass is 10.2. The summed E-state index contributed by atoms with van der Waals surface area (Å²) in [6, 6.07) is 3.18. The van der Waals surface area contributed by atoms with E-state index >= 15 is 0 Å². The second kappa shape index (κ2) is 7.08. The van der Waals surface area contributed by atoms with Crippen LogP contribution in [-0.2, 0) is 11.3 Å². The number of hydrogen-bond donors (Lipinski definition) is 1. The highest BCUT2D eigenvalue weighted by molar-refractivity contribution is 6.01. The predicted molar refractivity (Wildman–Crippen MR) is 81.7 cm³/mol. The number of aromatic nitrogens is 3. The van der Waals surface area contributed by atoms with Crippen LogP contribution in [0.3, 0.4) is 0 Å². The van der Waals surface area contributed by atoms with Gasteiger partial charge in [-0.2, -0.15) is 0 Å². The summed E-state index contributed by atoms with van der Waals surface area (Å²) in [7, 11) is 0. The van der Waals surface area contributed by atoms with E-state index in [0.717, 1.165) is 25.9 Å². The van der Waals surface area contributed by atoms with Crippen LogP contribution in [0, 0.1) is 0 Å². The van der Waals surface area contributed by atoms with Crippen LogP contribution in [0.15, 0.2) is 29.1 Å². The Hall–Kier alpha value is -2.64. The number of carbonyl (C=O) groups is 2. The highest BCUT2D eigenvalue weighted by atomic mass is 16.3. The Balaban J connectivity index is 1.56. The number of anilines is 1. The Morgan fingerprint density at radius 3 is 2.70 bits per heavy atom. The van der Waals surface area contributed by atoms with E-state index in [1.807, 2.05) is 4.90 Å². The zero-order chi connectivity index (χ0) is 16.1. The van der Waals surface area contributed by atoms with E-state index in [1.165, 1.54) is 30.1 Å². The molecule has 0 saturated carbocycles. The van der Waals surface area contributed by atoms with Crippen molar-refractivity contribution in [1.29, 1.82) is 0 Å². The molecule has 8 nitrogen and oxygen atoms in total. The van der Waals surface area contributed by atoms with Crippen molar-refractivity contribution in [2.24, 2.45) is 0 Å². The topological polar surface area (TPSA) is 93.3 Å². The minimum absolute atomic E-state index is 0.0284. The van der Waals surface area contributed by atoms with Gasteiger partial charge < -0.3 is 9.32 Å². The fourth-order valence-corrected chi connectivity index (χ4v) is 2.56. The summed E-state index contributed by atoms with van der Waals surface area (Å²) in [5.74, 6) is -0.0654. The van der Waals surface area contributed by atoms with Crippen LogP contribution < -0.4 is 5.32 Å². The first-order valence-corrected chi connectivity index (χ1v) is 7.74. The first kappa shape index (κ1) is 15.3. The molecular weight excluding hydrogens is 298 g/mol. The van der Waals surface area contributed by atoms with Crippen LogP contribution in [-0.4, -0.2) is 44.6 Å². The number of rotatable bonds is 4. The molecule has 2 amide bonds. The molecule has 2 aromatic rings. The summed E-state index contributed by atoms with van der Waals surface area (Å²) in [4.78, 5) is 30.0. The van der Waals surface area contributed by atoms with Crippen LogP contribution in [0.25, 0.3) is 0 Å². The molecule has 3 rings (SSSR count). The van der Waals surface area contributed by atoms with Crippen LogP contribution in [0.4, 0.5) is 5.95 Å². The summed E-state index contributed by atoms with van der Waals surface area (Å²) >= 11 is 0. The monoisotopic (exact) mass is 317 g/mol. The molecule has 0 spiro atoms. The molecule has 122 valence electrons. The highest BCUT2D eigenvalue weighted by Crippen LogP contribution is 2.10. The minimum atomic E-state index is -0.424. The van der Waals surface area contributed by atoms with Crippen LogP contribution in [0.5, 0.6) is 0 Å². The molecule has 23 heavy (non-hydrogen) atoms. The second-order valence-electron chi connectivity index (χ2n) is 5.49. The zero-order valence-electron chi connectivity index (χ0n) is 12.8. The molecular formula is C15H19N5O3. The molecule has 0 bridgehead atoms. The lowest BCUT2D eigenvalue weighted by Crippen LogP contribution is -2.34. The Bertz CT molecular complexity index is 656. The Morgan fingerprint density at radius 1 is 1.22 bits per heavy atom. The van der Waals surface area contributed by atoms with Gasteiger partial charge in [-0.3, -0.25) is 14.9 Å². The van der Waals surface area contributed by atoms with E-state index in [2.05, 4.69) is 15.4 Å². The van der Waals surface area contributed by atoms with Gasteiger partial charge in [0.1, 0.15) is 12.9 Å². The number of nitrogens with one attached hydrogen (secondary N) is 1. The summed E-state index contributed by atoms with van der Waals surface area (Å²) in [5.41, 5.74) is 0. The number of likely N-dealkylation sites (tertiary alicyclic amines) is 1. The first-order valence-electron chi connectivity index (χ1n) is 7.74. The van der Waals surface area contributed by atoms with Gasteiger partial charge in [-0.1, -0.05) is 12.8 Å². The molecule has 1 N–H and O–H groups in total. The number of nitrogens with zero attached hydrogens (tertiary/aromatic N) is 4. The van der Waals surface area contributed by atoms with Gasteiger partial charge in [0.2, 0.25) is 11.9 Å². The van der Waals surface area contributed by atoms with Crippen molar-refractivity contribution in [2.75, 3.05) is 18.4 Å². The molecule has 0 unspecified atom stereocenters. The number of hydrogen-bond acceptors (Lipinski definition) is 5. The maximum absolute atomic E-state index is 12.3. The smallest absolute Gasteiger partial charge is 0.293 e. The van der Waals surface area contributed by atoms with Gasteiger partial charge in [0.05, 0.1) is 6.26 Å². The zero-order valence-corrected chi connectivity index (χ0v) is 12.8. The van der Waals surface area contributed by atoms with Crippen molar-refractivity contribution in [3.8, 4) is 0 Å². The largest absolute Gasteiger partial charge is 0.459 e. The molecule has 0 atom stereocenters.